The first kappa shape index (κ1) is 16.5. The Balaban J connectivity index is 2.54. The van der Waals surface area contributed by atoms with E-state index < -0.39 is 5.54 Å². The molecule has 20 heavy (non-hydrogen) atoms. The Hall–Kier alpha value is -1.55. The number of benzene rings is 1. The second kappa shape index (κ2) is 7.90. The summed E-state index contributed by atoms with van der Waals surface area (Å²) in [4.78, 5) is 12.0. The van der Waals surface area contributed by atoms with Crippen LogP contribution in [0.3, 0.4) is 0 Å². The molecular formula is C16H25NO3. The van der Waals surface area contributed by atoms with Crippen LogP contribution in [0, 0.1) is 6.92 Å². The van der Waals surface area contributed by atoms with Crippen LogP contribution in [0.15, 0.2) is 24.3 Å². The second-order valence-corrected chi connectivity index (χ2v) is 4.99. The molecule has 0 radical (unpaired) electrons. The number of carbonyl (C=O) groups is 1. The lowest BCUT2D eigenvalue weighted by atomic mass is 9.98. The third-order valence-electron chi connectivity index (χ3n) is 3.18. The zero-order valence-corrected chi connectivity index (χ0v) is 12.9. The van der Waals surface area contributed by atoms with Crippen molar-refractivity contribution in [3.8, 4) is 5.75 Å². The molecule has 4 heteroatoms. The van der Waals surface area contributed by atoms with Gasteiger partial charge in [0, 0.05) is 6.42 Å². The minimum absolute atomic E-state index is 0.227. The van der Waals surface area contributed by atoms with Gasteiger partial charge in [-0.2, -0.15) is 0 Å². The highest BCUT2D eigenvalue weighted by atomic mass is 16.5. The van der Waals surface area contributed by atoms with Gasteiger partial charge in [0.2, 0.25) is 0 Å². The summed E-state index contributed by atoms with van der Waals surface area (Å²) in [5.41, 5.74) is 0.497. The lowest BCUT2D eigenvalue weighted by Crippen LogP contribution is -2.51. The molecule has 0 amide bonds. The van der Waals surface area contributed by atoms with Crippen molar-refractivity contribution < 1.29 is 14.3 Å². The van der Waals surface area contributed by atoms with Crippen LogP contribution in [0.4, 0.5) is 0 Å². The van der Waals surface area contributed by atoms with Gasteiger partial charge in [-0.3, -0.25) is 4.79 Å². The Morgan fingerprint density at radius 1 is 1.25 bits per heavy atom. The number of aryl methyl sites for hydroxylation is 1. The number of hydrogen-bond donors (Lipinski definition) is 1. The Morgan fingerprint density at radius 2 is 1.90 bits per heavy atom. The molecule has 1 N–H and O–H groups in total. The summed E-state index contributed by atoms with van der Waals surface area (Å²) in [6, 6.07) is 7.88. The number of carbonyl (C=O) groups excluding carboxylic acids is 1. The zero-order valence-electron chi connectivity index (χ0n) is 12.9. The standard InChI is InChI=1S/C16H25NO3/c1-5-17-16(4,15(18)19-6-2)11-12-20-14-9-7-13(3)8-10-14/h7-10,17H,5-6,11-12H2,1-4H3. The summed E-state index contributed by atoms with van der Waals surface area (Å²) in [6.45, 7) is 9.23. The smallest absolute Gasteiger partial charge is 0.326 e. The molecule has 0 saturated carbocycles. The van der Waals surface area contributed by atoms with Gasteiger partial charge in [0.05, 0.1) is 13.2 Å². The van der Waals surface area contributed by atoms with Crippen molar-refractivity contribution in [3.05, 3.63) is 29.8 Å². The summed E-state index contributed by atoms with van der Waals surface area (Å²) in [5, 5.41) is 3.18. The van der Waals surface area contributed by atoms with Crippen LogP contribution in [0.1, 0.15) is 32.8 Å². The van der Waals surface area contributed by atoms with E-state index in [0.717, 1.165) is 5.75 Å². The van der Waals surface area contributed by atoms with E-state index in [9.17, 15) is 4.79 Å². The quantitative estimate of drug-likeness (QED) is 0.743. The van der Waals surface area contributed by atoms with E-state index in [1.165, 1.54) is 5.56 Å². The van der Waals surface area contributed by atoms with Gasteiger partial charge in [0.25, 0.3) is 0 Å². The van der Waals surface area contributed by atoms with Crippen molar-refractivity contribution >= 4 is 5.97 Å². The van der Waals surface area contributed by atoms with Gasteiger partial charge in [0.1, 0.15) is 11.3 Å². The van der Waals surface area contributed by atoms with Crippen LogP contribution in [-0.2, 0) is 9.53 Å². The Bertz CT molecular complexity index is 416. The predicted molar refractivity (Wildman–Crippen MR) is 80.0 cm³/mol. The second-order valence-electron chi connectivity index (χ2n) is 4.99. The molecule has 112 valence electrons. The average Bonchev–Trinajstić information content (AvgIpc) is 2.41. The van der Waals surface area contributed by atoms with E-state index in [1.54, 1.807) is 0 Å². The minimum Gasteiger partial charge on any atom is -0.494 e. The van der Waals surface area contributed by atoms with E-state index in [-0.39, 0.29) is 5.97 Å². The molecule has 0 aromatic heterocycles. The molecule has 1 rings (SSSR count). The first-order valence-corrected chi connectivity index (χ1v) is 7.13. The Morgan fingerprint density at radius 3 is 2.45 bits per heavy atom. The lowest BCUT2D eigenvalue weighted by Gasteiger charge is -2.28. The first-order valence-electron chi connectivity index (χ1n) is 7.13. The molecular weight excluding hydrogens is 254 g/mol. The van der Waals surface area contributed by atoms with Crippen molar-refractivity contribution in [1.82, 2.24) is 5.32 Å². The zero-order chi connectivity index (χ0) is 15.0. The van der Waals surface area contributed by atoms with Crippen molar-refractivity contribution in [1.29, 1.82) is 0 Å². The van der Waals surface area contributed by atoms with Gasteiger partial charge in [-0.25, -0.2) is 0 Å². The number of hydrogen-bond acceptors (Lipinski definition) is 4. The fourth-order valence-electron chi connectivity index (χ4n) is 1.95. The Labute approximate surface area is 121 Å². The van der Waals surface area contributed by atoms with Gasteiger partial charge in [-0.15, -0.1) is 0 Å². The highest BCUT2D eigenvalue weighted by Gasteiger charge is 2.33. The molecule has 0 fully saturated rings. The molecule has 0 aliphatic heterocycles. The SMILES string of the molecule is CCNC(C)(CCOc1ccc(C)cc1)C(=O)OCC. The molecule has 4 nitrogen and oxygen atoms in total. The van der Waals surface area contributed by atoms with Crippen molar-refractivity contribution in [2.45, 2.75) is 39.7 Å². The van der Waals surface area contributed by atoms with Crippen molar-refractivity contribution in [2.75, 3.05) is 19.8 Å². The van der Waals surface area contributed by atoms with E-state index in [4.69, 9.17) is 9.47 Å². The summed E-state index contributed by atoms with van der Waals surface area (Å²) >= 11 is 0. The maximum atomic E-state index is 12.0. The van der Waals surface area contributed by atoms with Crippen LogP contribution in [0.5, 0.6) is 5.75 Å². The third kappa shape index (κ3) is 4.85. The molecule has 0 bridgehead atoms. The van der Waals surface area contributed by atoms with Crippen LogP contribution < -0.4 is 10.1 Å². The van der Waals surface area contributed by atoms with Crippen LogP contribution >= 0.6 is 0 Å². The van der Waals surface area contributed by atoms with E-state index in [2.05, 4.69) is 5.32 Å². The maximum absolute atomic E-state index is 12.0. The number of ether oxygens (including phenoxy) is 2. The van der Waals surface area contributed by atoms with Gasteiger partial charge in [-0.05, 0) is 39.4 Å². The predicted octanol–water partition coefficient (Wildman–Crippen LogP) is 2.70. The summed E-state index contributed by atoms with van der Waals surface area (Å²) in [7, 11) is 0. The maximum Gasteiger partial charge on any atom is 0.326 e. The minimum atomic E-state index is -0.699. The van der Waals surface area contributed by atoms with Crippen LogP contribution in [0.25, 0.3) is 0 Å². The Kier molecular flexibility index (Phi) is 6.52. The molecule has 0 aliphatic rings. The molecule has 0 spiro atoms. The highest BCUT2D eigenvalue weighted by Crippen LogP contribution is 2.16. The number of likely N-dealkylation sites (N-methyl/N-ethyl adjacent to an activating group) is 1. The summed E-state index contributed by atoms with van der Waals surface area (Å²) in [5.74, 6) is 0.590. The topological polar surface area (TPSA) is 47.6 Å². The lowest BCUT2D eigenvalue weighted by molar-refractivity contribution is -0.151. The fourth-order valence-corrected chi connectivity index (χ4v) is 1.95. The molecule has 0 heterocycles. The van der Waals surface area contributed by atoms with Gasteiger partial charge >= 0.3 is 5.97 Å². The van der Waals surface area contributed by atoms with Crippen LogP contribution in [-0.4, -0.2) is 31.3 Å². The average molecular weight is 279 g/mol. The molecule has 1 aromatic carbocycles. The van der Waals surface area contributed by atoms with Crippen LogP contribution in [0.2, 0.25) is 0 Å². The van der Waals surface area contributed by atoms with Crippen molar-refractivity contribution in [2.24, 2.45) is 0 Å². The van der Waals surface area contributed by atoms with E-state index in [1.807, 2.05) is 52.0 Å². The molecule has 0 aliphatic carbocycles. The molecule has 0 saturated heterocycles. The van der Waals surface area contributed by atoms with Gasteiger partial charge in [-0.1, -0.05) is 24.6 Å². The van der Waals surface area contributed by atoms with Gasteiger partial charge < -0.3 is 14.8 Å². The first-order chi connectivity index (χ1) is 9.51. The van der Waals surface area contributed by atoms with Crippen molar-refractivity contribution in [3.63, 3.8) is 0 Å². The number of nitrogens with one attached hydrogen (secondary N) is 1. The monoisotopic (exact) mass is 279 g/mol. The normalized spacial score (nSPS) is 13.6. The van der Waals surface area contributed by atoms with E-state index in [0.29, 0.717) is 26.2 Å². The van der Waals surface area contributed by atoms with E-state index >= 15 is 0 Å². The fraction of sp³-hybridized carbons (Fsp3) is 0.562. The molecule has 1 unspecified atom stereocenters. The molecule has 1 atom stereocenters. The highest BCUT2D eigenvalue weighted by molar-refractivity contribution is 5.80. The van der Waals surface area contributed by atoms with Gasteiger partial charge in [0.15, 0.2) is 0 Å². The summed E-state index contributed by atoms with van der Waals surface area (Å²) in [6.07, 6.45) is 0.563. The third-order valence-corrected chi connectivity index (χ3v) is 3.18. The number of esters is 1. The largest absolute Gasteiger partial charge is 0.494 e. The summed E-state index contributed by atoms with van der Waals surface area (Å²) < 4.78 is 10.8. The molecule has 1 aromatic rings. The number of rotatable bonds is 8.